The van der Waals surface area contributed by atoms with Crippen LogP contribution in [-0.2, 0) is 6.54 Å². The number of hydrogen-bond acceptors (Lipinski definition) is 4. The maximum absolute atomic E-state index is 13.7. The molecule has 2 aromatic carbocycles. The van der Waals surface area contributed by atoms with Gasteiger partial charge in [0, 0.05) is 18.9 Å². The summed E-state index contributed by atoms with van der Waals surface area (Å²) in [5.74, 6) is -4.40. The molecule has 1 amide bonds. The highest BCUT2D eigenvalue weighted by atomic mass is 19.2. The zero-order valence-corrected chi connectivity index (χ0v) is 14.8. The van der Waals surface area contributed by atoms with Crippen LogP contribution in [0.25, 0.3) is 0 Å². The van der Waals surface area contributed by atoms with Crippen molar-refractivity contribution in [1.29, 1.82) is 0 Å². The van der Waals surface area contributed by atoms with Gasteiger partial charge in [-0.1, -0.05) is 12.1 Å². The Hall–Kier alpha value is -3.55. The first kappa shape index (κ1) is 19.2. The number of benzene rings is 2. The molecule has 8 heteroatoms. The van der Waals surface area contributed by atoms with Gasteiger partial charge in [0.15, 0.2) is 17.5 Å². The van der Waals surface area contributed by atoms with Gasteiger partial charge in [-0.25, -0.2) is 13.2 Å². The summed E-state index contributed by atoms with van der Waals surface area (Å²) in [6.07, 6.45) is 2.81. The summed E-state index contributed by atoms with van der Waals surface area (Å²) in [7, 11) is 1.58. The molecule has 2 N–H and O–H groups in total. The average Bonchev–Trinajstić information content (AvgIpc) is 2.73. The van der Waals surface area contributed by atoms with Gasteiger partial charge in [0.1, 0.15) is 5.75 Å². The highest BCUT2D eigenvalue weighted by Gasteiger charge is 2.16. The first-order chi connectivity index (χ1) is 13.5. The summed E-state index contributed by atoms with van der Waals surface area (Å²) < 4.78 is 45.1. The van der Waals surface area contributed by atoms with Crippen molar-refractivity contribution in [2.24, 2.45) is 0 Å². The van der Waals surface area contributed by atoms with Crippen molar-refractivity contribution >= 4 is 17.3 Å². The summed E-state index contributed by atoms with van der Waals surface area (Å²) in [4.78, 5) is 16.3. The summed E-state index contributed by atoms with van der Waals surface area (Å²) in [6, 6.07) is 10.6. The number of nitrogens with one attached hydrogen (secondary N) is 2. The third-order valence-corrected chi connectivity index (χ3v) is 3.94. The van der Waals surface area contributed by atoms with E-state index in [9.17, 15) is 18.0 Å². The van der Waals surface area contributed by atoms with Gasteiger partial charge in [-0.3, -0.25) is 9.78 Å². The van der Waals surface area contributed by atoms with Gasteiger partial charge in [0.2, 0.25) is 0 Å². The van der Waals surface area contributed by atoms with Crippen molar-refractivity contribution in [2.75, 3.05) is 17.7 Å². The average molecular weight is 387 g/mol. The lowest BCUT2D eigenvalue weighted by molar-refractivity contribution is 0.102. The smallest absolute Gasteiger partial charge is 0.257 e. The predicted molar refractivity (Wildman–Crippen MR) is 98.8 cm³/mol. The third kappa shape index (κ3) is 4.40. The number of amides is 1. The molecule has 144 valence electrons. The Morgan fingerprint density at radius 1 is 1.04 bits per heavy atom. The SMILES string of the molecule is COc1ccc(CNc2cncc(C(=O)Nc3ccc(F)c(F)c3F)c2)cc1. The fraction of sp³-hybridized carbons (Fsp3) is 0.100. The fourth-order valence-corrected chi connectivity index (χ4v) is 2.43. The second kappa shape index (κ2) is 8.43. The summed E-state index contributed by atoms with van der Waals surface area (Å²) >= 11 is 0. The van der Waals surface area contributed by atoms with Crippen molar-refractivity contribution in [3.8, 4) is 5.75 Å². The van der Waals surface area contributed by atoms with Crippen LogP contribution in [-0.4, -0.2) is 18.0 Å². The number of methoxy groups -OCH3 is 1. The molecule has 1 aromatic heterocycles. The van der Waals surface area contributed by atoms with Gasteiger partial charge in [-0.05, 0) is 35.9 Å². The number of hydrogen-bond donors (Lipinski definition) is 2. The van der Waals surface area contributed by atoms with Crippen LogP contribution in [0.4, 0.5) is 24.5 Å². The standard InChI is InChI=1S/C20H16F3N3O2/c1-28-15-4-2-12(3-5-15)9-25-14-8-13(10-24-11-14)20(27)26-17-7-6-16(21)18(22)19(17)23/h2-8,10-11,25H,9H2,1H3,(H,26,27). The Bertz CT molecular complexity index is 994. The number of pyridine rings is 1. The molecule has 0 spiro atoms. The first-order valence-electron chi connectivity index (χ1n) is 8.24. The highest BCUT2D eigenvalue weighted by Crippen LogP contribution is 2.21. The van der Waals surface area contributed by atoms with Crippen LogP contribution >= 0.6 is 0 Å². The van der Waals surface area contributed by atoms with Gasteiger partial charge in [0.05, 0.1) is 24.0 Å². The molecule has 0 saturated carbocycles. The molecule has 28 heavy (non-hydrogen) atoms. The minimum Gasteiger partial charge on any atom is -0.497 e. The number of anilines is 2. The fourth-order valence-electron chi connectivity index (χ4n) is 2.43. The number of carbonyl (C=O) groups excluding carboxylic acids is 1. The molecule has 1 heterocycles. The van der Waals surface area contributed by atoms with Crippen molar-refractivity contribution in [3.63, 3.8) is 0 Å². The van der Waals surface area contributed by atoms with E-state index in [0.717, 1.165) is 23.4 Å². The Labute approximate surface area is 159 Å². The van der Waals surface area contributed by atoms with E-state index in [-0.39, 0.29) is 5.56 Å². The van der Waals surface area contributed by atoms with E-state index in [1.165, 1.54) is 18.5 Å². The molecule has 0 atom stereocenters. The lowest BCUT2D eigenvalue weighted by atomic mass is 10.2. The molecule has 0 bridgehead atoms. The van der Waals surface area contributed by atoms with Crippen LogP contribution in [0.5, 0.6) is 5.75 Å². The molecule has 0 fully saturated rings. The molecule has 0 aliphatic rings. The van der Waals surface area contributed by atoms with E-state index >= 15 is 0 Å². The van der Waals surface area contributed by atoms with Gasteiger partial charge >= 0.3 is 0 Å². The van der Waals surface area contributed by atoms with Crippen molar-refractivity contribution < 1.29 is 22.7 Å². The van der Waals surface area contributed by atoms with Gasteiger partial charge in [0.25, 0.3) is 5.91 Å². The number of ether oxygens (including phenoxy) is 1. The maximum atomic E-state index is 13.7. The van der Waals surface area contributed by atoms with Crippen LogP contribution in [0.3, 0.4) is 0 Å². The lowest BCUT2D eigenvalue weighted by Crippen LogP contribution is -2.14. The lowest BCUT2D eigenvalue weighted by Gasteiger charge is -2.10. The van der Waals surface area contributed by atoms with E-state index < -0.39 is 29.0 Å². The van der Waals surface area contributed by atoms with E-state index in [0.29, 0.717) is 12.2 Å². The van der Waals surface area contributed by atoms with Gasteiger partial charge in [-0.2, -0.15) is 0 Å². The minimum atomic E-state index is -1.65. The summed E-state index contributed by atoms with van der Waals surface area (Å²) in [5, 5.41) is 5.32. The Balaban J connectivity index is 1.68. The molecule has 0 unspecified atom stereocenters. The Kier molecular flexibility index (Phi) is 5.78. The van der Waals surface area contributed by atoms with E-state index in [1.54, 1.807) is 7.11 Å². The zero-order chi connectivity index (χ0) is 20.1. The number of nitrogens with zero attached hydrogens (tertiary/aromatic N) is 1. The first-order valence-corrected chi connectivity index (χ1v) is 8.24. The molecule has 0 saturated heterocycles. The largest absolute Gasteiger partial charge is 0.497 e. The van der Waals surface area contributed by atoms with Crippen LogP contribution in [0, 0.1) is 17.5 Å². The monoisotopic (exact) mass is 387 g/mol. The van der Waals surface area contributed by atoms with Crippen molar-refractivity contribution in [2.45, 2.75) is 6.54 Å². The maximum Gasteiger partial charge on any atom is 0.257 e. The van der Waals surface area contributed by atoms with Gasteiger partial charge < -0.3 is 15.4 Å². The second-order valence-electron chi connectivity index (χ2n) is 5.84. The number of halogens is 3. The van der Waals surface area contributed by atoms with Crippen LogP contribution in [0.2, 0.25) is 0 Å². The topological polar surface area (TPSA) is 63.2 Å². The minimum absolute atomic E-state index is 0.129. The summed E-state index contributed by atoms with van der Waals surface area (Å²) in [5.41, 5.74) is 1.22. The third-order valence-electron chi connectivity index (χ3n) is 3.94. The Morgan fingerprint density at radius 2 is 1.79 bits per heavy atom. The van der Waals surface area contributed by atoms with E-state index in [2.05, 4.69) is 15.6 Å². The predicted octanol–water partition coefficient (Wildman–Crippen LogP) is 4.37. The van der Waals surface area contributed by atoms with Crippen molar-refractivity contribution in [1.82, 2.24) is 4.98 Å². The molecule has 0 aliphatic heterocycles. The van der Waals surface area contributed by atoms with E-state index in [4.69, 9.17) is 4.74 Å². The molecule has 0 aliphatic carbocycles. The van der Waals surface area contributed by atoms with Gasteiger partial charge in [-0.15, -0.1) is 0 Å². The molecule has 3 rings (SSSR count). The quantitative estimate of drug-likeness (QED) is 0.617. The second-order valence-corrected chi connectivity index (χ2v) is 5.84. The van der Waals surface area contributed by atoms with Crippen LogP contribution in [0.1, 0.15) is 15.9 Å². The number of rotatable bonds is 6. The van der Waals surface area contributed by atoms with Crippen LogP contribution in [0.15, 0.2) is 54.9 Å². The summed E-state index contributed by atoms with van der Waals surface area (Å²) in [6.45, 7) is 0.481. The molecular formula is C20H16F3N3O2. The molecule has 3 aromatic rings. The molecular weight excluding hydrogens is 371 g/mol. The molecule has 0 radical (unpaired) electrons. The normalized spacial score (nSPS) is 10.4. The number of aromatic nitrogens is 1. The number of carbonyl (C=O) groups is 1. The van der Waals surface area contributed by atoms with E-state index in [1.807, 2.05) is 24.3 Å². The van der Waals surface area contributed by atoms with Crippen molar-refractivity contribution in [3.05, 3.63) is 83.4 Å². The zero-order valence-electron chi connectivity index (χ0n) is 14.8. The molecule has 5 nitrogen and oxygen atoms in total. The highest BCUT2D eigenvalue weighted by molar-refractivity contribution is 6.04. The van der Waals surface area contributed by atoms with Crippen LogP contribution < -0.4 is 15.4 Å². The Morgan fingerprint density at radius 3 is 2.50 bits per heavy atom.